The molecule has 10 nitrogen and oxygen atoms in total. The first kappa shape index (κ1) is 22.2. The largest absolute Gasteiger partial charge is 0.481 e. The molecule has 0 unspecified atom stereocenters. The minimum Gasteiger partial charge on any atom is -0.481 e. The van der Waals surface area contributed by atoms with E-state index in [1.54, 1.807) is 54.9 Å². The minimum atomic E-state index is -0.654. The van der Waals surface area contributed by atoms with Crippen molar-refractivity contribution >= 4 is 34.8 Å². The third kappa shape index (κ3) is 5.27. The molecular formula is C21H17ClN6O4S. The number of primary amides is 1. The van der Waals surface area contributed by atoms with Gasteiger partial charge in [-0.25, -0.2) is 4.68 Å². The van der Waals surface area contributed by atoms with E-state index in [0.29, 0.717) is 26.3 Å². The van der Waals surface area contributed by atoms with E-state index in [9.17, 15) is 14.4 Å². The molecule has 1 aromatic carbocycles. The number of hydrogen-bond donors (Lipinski definition) is 2. The molecule has 0 saturated carbocycles. The Hall–Kier alpha value is -3.96. The number of aromatic nitrogens is 4. The summed E-state index contributed by atoms with van der Waals surface area (Å²) in [6.45, 7) is -0.218. The predicted molar refractivity (Wildman–Crippen MR) is 122 cm³/mol. The summed E-state index contributed by atoms with van der Waals surface area (Å²) in [4.78, 5) is 36.1. The Morgan fingerprint density at radius 1 is 1.18 bits per heavy atom. The Morgan fingerprint density at radius 3 is 2.76 bits per heavy atom. The van der Waals surface area contributed by atoms with Gasteiger partial charge in [-0.1, -0.05) is 22.9 Å². The number of rotatable bonds is 8. The van der Waals surface area contributed by atoms with Gasteiger partial charge in [0.15, 0.2) is 6.61 Å². The van der Waals surface area contributed by atoms with Crippen LogP contribution in [0.15, 0.2) is 65.7 Å². The maximum absolute atomic E-state index is 12.2. The molecule has 3 heterocycles. The Labute approximate surface area is 196 Å². The zero-order chi connectivity index (χ0) is 23.4. The van der Waals surface area contributed by atoms with Crippen molar-refractivity contribution in [2.24, 2.45) is 5.73 Å². The molecule has 3 N–H and O–H groups in total. The summed E-state index contributed by atoms with van der Waals surface area (Å²) in [6, 6.07) is 13.1. The van der Waals surface area contributed by atoms with Crippen LogP contribution in [-0.4, -0.2) is 38.0 Å². The number of pyridine rings is 1. The number of hydrogen-bond acceptors (Lipinski definition) is 7. The number of benzene rings is 1. The molecule has 0 bridgehead atoms. The average molecular weight is 485 g/mol. The van der Waals surface area contributed by atoms with Crippen molar-refractivity contribution in [1.29, 1.82) is 0 Å². The highest BCUT2D eigenvalue weighted by Crippen LogP contribution is 2.26. The Kier molecular flexibility index (Phi) is 6.52. The number of carbonyl (C=O) groups is 2. The second-order valence-corrected chi connectivity index (χ2v) is 8.47. The quantitative estimate of drug-likeness (QED) is 0.392. The Bertz CT molecular complexity index is 1380. The van der Waals surface area contributed by atoms with Crippen LogP contribution in [0.3, 0.4) is 0 Å². The summed E-state index contributed by atoms with van der Waals surface area (Å²) in [5.74, 6) is -0.653. The maximum atomic E-state index is 12.2. The molecule has 168 valence electrons. The van der Waals surface area contributed by atoms with Crippen LogP contribution >= 0.6 is 22.9 Å². The van der Waals surface area contributed by atoms with Crippen molar-refractivity contribution in [3.63, 3.8) is 0 Å². The van der Waals surface area contributed by atoms with Gasteiger partial charge in [0.1, 0.15) is 17.1 Å². The number of carbonyl (C=O) groups excluding carboxylic acids is 2. The zero-order valence-corrected chi connectivity index (χ0v) is 18.5. The molecule has 12 heteroatoms. The fraction of sp³-hybridized carbons (Fsp3) is 0.0952. The van der Waals surface area contributed by atoms with Crippen LogP contribution in [0, 0.1) is 0 Å². The third-order valence-corrected chi connectivity index (χ3v) is 5.66. The van der Waals surface area contributed by atoms with Crippen LogP contribution in [0.4, 0.5) is 0 Å². The van der Waals surface area contributed by atoms with Gasteiger partial charge in [0.25, 0.3) is 17.4 Å². The lowest BCUT2D eigenvalue weighted by molar-refractivity contribution is -0.119. The molecule has 0 spiro atoms. The van der Waals surface area contributed by atoms with Crippen LogP contribution in [0.5, 0.6) is 5.75 Å². The van der Waals surface area contributed by atoms with Gasteiger partial charge < -0.3 is 15.8 Å². The van der Waals surface area contributed by atoms with E-state index in [4.69, 9.17) is 22.1 Å². The van der Waals surface area contributed by atoms with Crippen LogP contribution in [0.2, 0.25) is 4.34 Å². The van der Waals surface area contributed by atoms with Gasteiger partial charge in [-0.05, 0) is 30.3 Å². The third-order valence-electron chi connectivity index (χ3n) is 4.43. The first-order valence-electron chi connectivity index (χ1n) is 9.59. The number of nitrogens with one attached hydrogen (secondary N) is 1. The van der Waals surface area contributed by atoms with Crippen molar-refractivity contribution in [3.05, 3.63) is 86.2 Å². The van der Waals surface area contributed by atoms with E-state index in [1.165, 1.54) is 26.7 Å². The molecule has 2 amide bonds. The van der Waals surface area contributed by atoms with Crippen LogP contribution in [0.25, 0.3) is 11.4 Å². The van der Waals surface area contributed by atoms with E-state index in [1.807, 2.05) is 0 Å². The fourth-order valence-corrected chi connectivity index (χ4v) is 3.90. The highest BCUT2D eigenvalue weighted by atomic mass is 35.5. The molecule has 0 fully saturated rings. The fourth-order valence-electron chi connectivity index (χ4n) is 2.94. The second-order valence-electron chi connectivity index (χ2n) is 6.76. The maximum Gasteiger partial charge on any atom is 0.261 e. The van der Waals surface area contributed by atoms with Crippen molar-refractivity contribution in [3.8, 4) is 17.1 Å². The zero-order valence-electron chi connectivity index (χ0n) is 17.0. The van der Waals surface area contributed by atoms with Crippen molar-refractivity contribution in [2.45, 2.75) is 6.54 Å². The number of nitrogens with two attached hydrogens (primary N) is 1. The number of amides is 2. The van der Waals surface area contributed by atoms with E-state index in [-0.39, 0.29) is 30.4 Å². The highest BCUT2D eigenvalue weighted by Gasteiger charge is 2.14. The molecule has 0 aliphatic heterocycles. The van der Waals surface area contributed by atoms with E-state index in [2.05, 4.69) is 15.6 Å². The molecule has 0 aliphatic carbocycles. The van der Waals surface area contributed by atoms with E-state index < -0.39 is 5.91 Å². The molecule has 3 aromatic heterocycles. The summed E-state index contributed by atoms with van der Waals surface area (Å²) in [5, 5.41) is 10.9. The number of thiophene rings is 1. The molecule has 4 aromatic rings. The highest BCUT2D eigenvalue weighted by molar-refractivity contribution is 7.17. The van der Waals surface area contributed by atoms with Crippen LogP contribution in [-0.2, 0) is 11.3 Å². The summed E-state index contributed by atoms with van der Waals surface area (Å²) in [5.41, 5.74) is 6.50. The normalized spacial score (nSPS) is 10.7. The Balaban J connectivity index is 1.58. The second kappa shape index (κ2) is 9.67. The van der Waals surface area contributed by atoms with Crippen LogP contribution < -0.4 is 21.3 Å². The summed E-state index contributed by atoms with van der Waals surface area (Å²) in [7, 11) is 0. The van der Waals surface area contributed by atoms with Crippen LogP contribution in [0.1, 0.15) is 15.4 Å². The molecule has 0 saturated heterocycles. The molecule has 33 heavy (non-hydrogen) atoms. The SMILES string of the molecule is NC(=O)COc1cc(-n2ccccc2=O)ccc1-n1cc(CNC(=O)c2ccc(Cl)s2)nn1. The standard InChI is InChI=1S/C21H17ClN6O4S/c22-18-7-6-17(33-18)21(31)24-10-13-11-28(26-25-13)15-5-4-14(9-16(15)32-12-19(23)29)27-8-2-1-3-20(27)30/h1-9,11H,10,12H2,(H2,23,29)(H,24,31). The van der Waals surface area contributed by atoms with Gasteiger partial charge >= 0.3 is 0 Å². The average Bonchev–Trinajstić information content (AvgIpc) is 3.45. The predicted octanol–water partition coefficient (Wildman–Crippen LogP) is 1.93. The molecular weight excluding hydrogens is 468 g/mol. The lowest BCUT2D eigenvalue weighted by atomic mass is 10.2. The molecule has 0 radical (unpaired) electrons. The van der Waals surface area contributed by atoms with Gasteiger partial charge in [0, 0.05) is 18.3 Å². The molecule has 0 aliphatic rings. The van der Waals surface area contributed by atoms with E-state index in [0.717, 1.165) is 0 Å². The van der Waals surface area contributed by atoms with Crippen molar-refractivity contribution in [2.75, 3.05) is 6.61 Å². The summed E-state index contributed by atoms with van der Waals surface area (Å²) >= 11 is 7.04. The number of nitrogens with zero attached hydrogens (tertiary/aromatic N) is 4. The topological polar surface area (TPSA) is 134 Å². The minimum absolute atomic E-state index is 0.142. The monoisotopic (exact) mass is 484 g/mol. The van der Waals surface area contributed by atoms with Gasteiger partial charge in [-0.15, -0.1) is 16.4 Å². The Morgan fingerprint density at radius 2 is 2.03 bits per heavy atom. The van der Waals surface area contributed by atoms with Crippen molar-refractivity contribution in [1.82, 2.24) is 24.9 Å². The lowest BCUT2D eigenvalue weighted by Gasteiger charge is -2.13. The van der Waals surface area contributed by atoms with Gasteiger partial charge in [0.2, 0.25) is 0 Å². The number of ether oxygens (including phenoxy) is 1. The lowest BCUT2D eigenvalue weighted by Crippen LogP contribution is -2.22. The number of halogens is 1. The van der Waals surface area contributed by atoms with Gasteiger partial charge in [-0.2, -0.15) is 0 Å². The molecule has 4 rings (SSSR count). The van der Waals surface area contributed by atoms with Crippen molar-refractivity contribution < 1.29 is 14.3 Å². The summed E-state index contributed by atoms with van der Waals surface area (Å²) < 4.78 is 8.96. The smallest absolute Gasteiger partial charge is 0.261 e. The molecule has 0 atom stereocenters. The van der Waals surface area contributed by atoms with Gasteiger partial charge in [-0.3, -0.25) is 19.0 Å². The summed E-state index contributed by atoms with van der Waals surface area (Å²) in [6.07, 6.45) is 3.23. The van der Waals surface area contributed by atoms with E-state index >= 15 is 0 Å². The van der Waals surface area contributed by atoms with Gasteiger partial charge in [0.05, 0.1) is 27.6 Å². The first-order chi connectivity index (χ1) is 15.9. The first-order valence-corrected chi connectivity index (χ1v) is 10.8.